The summed E-state index contributed by atoms with van der Waals surface area (Å²) < 4.78 is 41.2. The third-order valence-electron chi connectivity index (χ3n) is 2.30. The molecule has 1 N–H and O–H groups in total. The minimum absolute atomic E-state index is 0.0111. The van der Waals surface area contributed by atoms with Gasteiger partial charge in [0.1, 0.15) is 0 Å². The highest BCUT2D eigenvalue weighted by molar-refractivity contribution is 4.70. The number of halogens is 3. The van der Waals surface area contributed by atoms with Gasteiger partial charge in [-0.2, -0.15) is 13.2 Å². The van der Waals surface area contributed by atoms with Gasteiger partial charge in [-0.3, -0.25) is 0 Å². The summed E-state index contributed by atoms with van der Waals surface area (Å²) in [7, 11) is 1.68. The monoisotopic (exact) mass is 226 g/mol. The van der Waals surface area contributed by atoms with Gasteiger partial charge in [0.2, 0.25) is 0 Å². The number of rotatable bonds is 4. The summed E-state index contributed by atoms with van der Waals surface area (Å²) in [5, 5.41) is 3.14. The molecule has 0 radical (unpaired) electrons. The molecule has 0 aromatic rings. The van der Waals surface area contributed by atoms with Crippen LogP contribution >= 0.6 is 0 Å². The minimum Gasteiger partial charge on any atom is -0.374 e. The van der Waals surface area contributed by atoms with Crippen LogP contribution in [0.5, 0.6) is 0 Å². The molecule has 0 spiro atoms. The van der Waals surface area contributed by atoms with Crippen LogP contribution < -0.4 is 5.32 Å². The maximum absolute atomic E-state index is 11.9. The first-order chi connectivity index (χ1) is 6.97. The lowest BCUT2D eigenvalue weighted by Crippen LogP contribution is -2.44. The topological polar surface area (TPSA) is 24.5 Å². The first-order valence-electron chi connectivity index (χ1n) is 5.05. The van der Waals surface area contributed by atoms with Gasteiger partial charge in [0.05, 0.1) is 19.1 Å². The van der Waals surface area contributed by atoms with Gasteiger partial charge in [0, 0.05) is 26.2 Å². The zero-order valence-corrected chi connectivity index (χ0v) is 8.81. The molecule has 0 bridgehead atoms. The zero-order chi connectivity index (χ0) is 11.3. The first-order valence-corrected chi connectivity index (χ1v) is 5.05. The van der Waals surface area contributed by atoms with Crippen LogP contribution in [-0.4, -0.2) is 57.0 Å². The van der Waals surface area contributed by atoms with Gasteiger partial charge in [0.15, 0.2) is 0 Å². The van der Waals surface area contributed by atoms with Crippen molar-refractivity contribution in [1.82, 2.24) is 10.2 Å². The van der Waals surface area contributed by atoms with Gasteiger partial charge in [-0.05, 0) is 7.05 Å². The van der Waals surface area contributed by atoms with Gasteiger partial charge in [0.25, 0.3) is 0 Å². The average molecular weight is 226 g/mol. The molecule has 1 saturated heterocycles. The third kappa shape index (κ3) is 5.96. The maximum atomic E-state index is 11.9. The van der Waals surface area contributed by atoms with Crippen molar-refractivity contribution in [2.24, 2.45) is 0 Å². The highest BCUT2D eigenvalue weighted by Crippen LogP contribution is 2.19. The van der Waals surface area contributed by atoms with Crippen LogP contribution in [0.15, 0.2) is 0 Å². The van der Waals surface area contributed by atoms with Crippen molar-refractivity contribution in [2.45, 2.75) is 18.7 Å². The van der Waals surface area contributed by atoms with E-state index in [1.54, 1.807) is 11.9 Å². The second-order valence-corrected chi connectivity index (χ2v) is 3.82. The van der Waals surface area contributed by atoms with E-state index in [1.165, 1.54) is 0 Å². The number of hydrogen-bond acceptors (Lipinski definition) is 3. The molecule has 0 aromatic heterocycles. The molecule has 6 heteroatoms. The fourth-order valence-electron chi connectivity index (χ4n) is 1.49. The van der Waals surface area contributed by atoms with E-state index in [0.29, 0.717) is 13.2 Å². The van der Waals surface area contributed by atoms with E-state index in [0.717, 1.165) is 13.1 Å². The Kier molecular flexibility index (Phi) is 4.82. The highest BCUT2D eigenvalue weighted by atomic mass is 19.4. The maximum Gasteiger partial charge on any atom is 0.390 e. The Hall–Kier alpha value is -0.330. The molecule has 90 valence electrons. The van der Waals surface area contributed by atoms with Crippen LogP contribution in [0.25, 0.3) is 0 Å². The minimum atomic E-state index is -4.07. The van der Waals surface area contributed by atoms with Crippen LogP contribution in [-0.2, 0) is 4.74 Å². The van der Waals surface area contributed by atoms with Crippen molar-refractivity contribution >= 4 is 0 Å². The molecule has 0 aromatic carbocycles. The second-order valence-electron chi connectivity index (χ2n) is 3.82. The van der Waals surface area contributed by atoms with Crippen molar-refractivity contribution < 1.29 is 17.9 Å². The SMILES string of the molecule is CN(CCC(F)(F)F)CC1CNCCO1. The fourth-order valence-corrected chi connectivity index (χ4v) is 1.49. The number of likely N-dealkylation sites (N-methyl/N-ethyl adjacent to an activating group) is 1. The number of hydrogen-bond donors (Lipinski definition) is 1. The summed E-state index contributed by atoms with van der Waals surface area (Å²) in [5.74, 6) is 0. The fraction of sp³-hybridized carbons (Fsp3) is 1.00. The van der Waals surface area contributed by atoms with Gasteiger partial charge in [-0.15, -0.1) is 0 Å². The molecule has 1 atom stereocenters. The Labute approximate surface area is 87.6 Å². The highest BCUT2D eigenvalue weighted by Gasteiger charge is 2.27. The smallest absolute Gasteiger partial charge is 0.374 e. The lowest BCUT2D eigenvalue weighted by atomic mass is 10.3. The number of nitrogens with one attached hydrogen (secondary N) is 1. The van der Waals surface area contributed by atoms with E-state index in [1.807, 2.05) is 0 Å². The molecule has 0 amide bonds. The van der Waals surface area contributed by atoms with Crippen molar-refractivity contribution in [1.29, 1.82) is 0 Å². The molecule has 1 fully saturated rings. The lowest BCUT2D eigenvalue weighted by molar-refractivity contribution is -0.138. The molecule has 1 rings (SSSR count). The molecule has 0 saturated carbocycles. The van der Waals surface area contributed by atoms with Gasteiger partial charge in [-0.1, -0.05) is 0 Å². The van der Waals surface area contributed by atoms with Crippen LogP contribution in [0, 0.1) is 0 Å². The molecule has 1 unspecified atom stereocenters. The molecule has 1 heterocycles. The Balaban J connectivity index is 2.14. The van der Waals surface area contributed by atoms with Crippen LogP contribution in [0.4, 0.5) is 13.2 Å². The van der Waals surface area contributed by atoms with Crippen molar-refractivity contribution in [2.75, 3.05) is 39.8 Å². The molecule has 3 nitrogen and oxygen atoms in total. The first kappa shape index (κ1) is 12.7. The van der Waals surface area contributed by atoms with E-state index >= 15 is 0 Å². The largest absolute Gasteiger partial charge is 0.390 e. The summed E-state index contributed by atoms with van der Waals surface area (Å²) in [6.45, 7) is 2.75. The predicted octanol–water partition coefficient (Wildman–Crippen LogP) is 0.859. The summed E-state index contributed by atoms with van der Waals surface area (Å²) in [6.07, 6.45) is -4.82. The summed E-state index contributed by atoms with van der Waals surface area (Å²) >= 11 is 0. The molecule has 1 aliphatic rings. The molecular formula is C9H17F3N2O. The number of ether oxygens (including phenoxy) is 1. The Morgan fingerprint density at radius 1 is 1.47 bits per heavy atom. The Morgan fingerprint density at radius 2 is 2.20 bits per heavy atom. The van der Waals surface area contributed by atoms with Crippen molar-refractivity contribution in [3.8, 4) is 0 Å². The second kappa shape index (κ2) is 5.67. The Morgan fingerprint density at radius 3 is 2.73 bits per heavy atom. The lowest BCUT2D eigenvalue weighted by Gasteiger charge is -2.28. The standard InChI is InChI=1S/C9H17F3N2O/c1-14(4-2-9(10,11)12)7-8-6-13-3-5-15-8/h8,13H,2-7H2,1H3. The van der Waals surface area contributed by atoms with Gasteiger partial charge < -0.3 is 15.0 Å². The van der Waals surface area contributed by atoms with E-state index < -0.39 is 12.6 Å². The van der Waals surface area contributed by atoms with Crippen molar-refractivity contribution in [3.63, 3.8) is 0 Å². The Bertz CT molecular complexity index is 181. The zero-order valence-electron chi connectivity index (χ0n) is 8.81. The van der Waals surface area contributed by atoms with E-state index in [-0.39, 0.29) is 12.6 Å². The van der Waals surface area contributed by atoms with E-state index in [9.17, 15) is 13.2 Å². The van der Waals surface area contributed by atoms with Gasteiger partial charge in [-0.25, -0.2) is 0 Å². The van der Waals surface area contributed by atoms with Gasteiger partial charge >= 0.3 is 6.18 Å². The van der Waals surface area contributed by atoms with E-state index in [2.05, 4.69) is 5.32 Å². The molecule has 1 aliphatic heterocycles. The number of nitrogens with zero attached hydrogens (tertiary/aromatic N) is 1. The average Bonchev–Trinajstić information content (AvgIpc) is 2.15. The summed E-state index contributed by atoms with van der Waals surface area (Å²) in [4.78, 5) is 1.66. The van der Waals surface area contributed by atoms with Crippen LogP contribution in [0.2, 0.25) is 0 Å². The molecule has 0 aliphatic carbocycles. The summed E-state index contributed by atoms with van der Waals surface area (Å²) in [5.41, 5.74) is 0. The third-order valence-corrected chi connectivity index (χ3v) is 2.30. The summed E-state index contributed by atoms with van der Waals surface area (Å²) in [6, 6.07) is 0. The van der Waals surface area contributed by atoms with Crippen LogP contribution in [0.1, 0.15) is 6.42 Å². The number of alkyl halides is 3. The van der Waals surface area contributed by atoms with E-state index in [4.69, 9.17) is 4.74 Å². The molecule has 15 heavy (non-hydrogen) atoms. The quantitative estimate of drug-likeness (QED) is 0.769. The van der Waals surface area contributed by atoms with Crippen molar-refractivity contribution in [3.05, 3.63) is 0 Å². The molecular weight excluding hydrogens is 209 g/mol. The normalized spacial score (nSPS) is 23.4. The van der Waals surface area contributed by atoms with Crippen LogP contribution in [0.3, 0.4) is 0 Å². The predicted molar refractivity (Wildman–Crippen MR) is 50.8 cm³/mol. The number of morpholine rings is 1.